The molecule has 2 aliphatic heterocycles. The van der Waals surface area contributed by atoms with Crippen LogP contribution in [0.15, 0.2) is 65.3 Å². The van der Waals surface area contributed by atoms with Crippen LogP contribution >= 0.6 is 15.9 Å². The average Bonchev–Trinajstić information content (AvgIpc) is 3.26. The third kappa shape index (κ3) is 4.86. The van der Waals surface area contributed by atoms with Crippen molar-refractivity contribution in [3.63, 3.8) is 0 Å². The van der Waals surface area contributed by atoms with Gasteiger partial charge < -0.3 is 20.0 Å². The molecule has 2 aromatic heterocycles. The zero-order valence-corrected chi connectivity index (χ0v) is 20.1. The second-order valence-electron chi connectivity index (χ2n) is 8.31. The number of amides is 2. The number of aromatic nitrogens is 3. The van der Waals surface area contributed by atoms with Gasteiger partial charge in [-0.1, -0.05) is 28.1 Å². The third-order valence-electron chi connectivity index (χ3n) is 6.08. The van der Waals surface area contributed by atoms with E-state index in [9.17, 15) is 9.59 Å². The van der Waals surface area contributed by atoms with Crippen LogP contribution < -0.4 is 15.1 Å². The van der Waals surface area contributed by atoms with Crippen molar-refractivity contribution in [1.82, 2.24) is 20.1 Å². The molecule has 10 heteroatoms. The minimum absolute atomic E-state index is 0.00948. The Morgan fingerprint density at radius 1 is 0.971 bits per heavy atom. The summed E-state index contributed by atoms with van der Waals surface area (Å²) < 4.78 is 0.910. The lowest BCUT2D eigenvalue weighted by molar-refractivity contribution is -0.136. The van der Waals surface area contributed by atoms with Crippen molar-refractivity contribution in [1.29, 1.82) is 0 Å². The van der Waals surface area contributed by atoms with Gasteiger partial charge in [0.25, 0.3) is 0 Å². The molecule has 1 N–H and O–H groups in total. The van der Waals surface area contributed by atoms with Gasteiger partial charge in [0.15, 0.2) is 11.6 Å². The number of rotatable bonds is 5. The smallest absolute Gasteiger partial charge is 0.228 e. The Kier molecular flexibility index (Phi) is 6.39. The quantitative estimate of drug-likeness (QED) is 0.551. The van der Waals surface area contributed by atoms with Crippen molar-refractivity contribution in [2.45, 2.75) is 6.42 Å². The van der Waals surface area contributed by atoms with Gasteiger partial charge in [-0.05, 0) is 42.5 Å². The molecule has 2 aliphatic rings. The van der Waals surface area contributed by atoms with Crippen LogP contribution in [0, 0.1) is 5.92 Å². The molecular weight excluding hydrogens is 498 g/mol. The molecule has 0 aliphatic carbocycles. The second kappa shape index (κ2) is 9.76. The standard InChI is InChI=1S/C24H24BrN7O2/c25-18-4-3-5-19(15-18)32-16-17(14-23(32)33)24(34)31-12-10-30(11-13-31)22-8-7-21(28-29-22)27-20-6-1-2-9-26-20/h1-9,15,17H,10-14,16H2,(H,26,27,28). The SMILES string of the molecule is O=C(C1CC(=O)N(c2cccc(Br)c2)C1)N1CCN(c2ccc(Nc3ccccn3)nn2)CC1. The lowest BCUT2D eigenvalue weighted by atomic mass is 10.1. The Balaban J connectivity index is 1.15. The van der Waals surface area contributed by atoms with Crippen LogP contribution in [0.4, 0.5) is 23.1 Å². The van der Waals surface area contributed by atoms with Crippen LogP contribution in [0.25, 0.3) is 0 Å². The molecule has 0 saturated carbocycles. The van der Waals surface area contributed by atoms with Gasteiger partial charge in [0.1, 0.15) is 5.82 Å². The molecule has 1 aromatic carbocycles. The molecule has 1 atom stereocenters. The maximum atomic E-state index is 13.1. The first-order chi connectivity index (χ1) is 16.6. The zero-order valence-electron chi connectivity index (χ0n) is 18.5. The summed E-state index contributed by atoms with van der Waals surface area (Å²) in [6.45, 7) is 2.95. The van der Waals surface area contributed by atoms with Gasteiger partial charge >= 0.3 is 0 Å². The molecule has 0 bridgehead atoms. The van der Waals surface area contributed by atoms with Gasteiger partial charge in [0.05, 0.1) is 5.92 Å². The normalized spacial score (nSPS) is 18.3. The van der Waals surface area contributed by atoms with Gasteiger partial charge in [-0.3, -0.25) is 9.59 Å². The van der Waals surface area contributed by atoms with Crippen LogP contribution in [-0.2, 0) is 9.59 Å². The maximum Gasteiger partial charge on any atom is 0.228 e. The average molecular weight is 522 g/mol. The summed E-state index contributed by atoms with van der Waals surface area (Å²) in [5.74, 6) is 1.83. The monoisotopic (exact) mass is 521 g/mol. The molecule has 174 valence electrons. The molecule has 4 heterocycles. The number of anilines is 4. The van der Waals surface area contributed by atoms with Crippen molar-refractivity contribution < 1.29 is 9.59 Å². The summed E-state index contributed by atoms with van der Waals surface area (Å²) >= 11 is 3.45. The zero-order chi connectivity index (χ0) is 23.5. The highest BCUT2D eigenvalue weighted by Gasteiger charge is 2.38. The third-order valence-corrected chi connectivity index (χ3v) is 6.57. The minimum atomic E-state index is -0.310. The first kappa shape index (κ1) is 22.3. The van der Waals surface area contributed by atoms with Crippen molar-refractivity contribution in [3.8, 4) is 0 Å². The van der Waals surface area contributed by atoms with Crippen LogP contribution in [0.2, 0.25) is 0 Å². The van der Waals surface area contributed by atoms with E-state index in [2.05, 4.69) is 41.3 Å². The van der Waals surface area contributed by atoms with E-state index in [1.165, 1.54) is 0 Å². The number of benzene rings is 1. The predicted octanol–water partition coefficient (Wildman–Crippen LogP) is 3.08. The van der Waals surface area contributed by atoms with Crippen LogP contribution in [0.5, 0.6) is 0 Å². The molecule has 2 saturated heterocycles. The number of pyridine rings is 1. The van der Waals surface area contributed by atoms with Crippen molar-refractivity contribution in [3.05, 3.63) is 65.3 Å². The van der Waals surface area contributed by atoms with E-state index < -0.39 is 0 Å². The molecule has 2 amide bonds. The molecule has 34 heavy (non-hydrogen) atoms. The number of hydrogen-bond acceptors (Lipinski definition) is 7. The first-order valence-corrected chi connectivity index (χ1v) is 12.0. The second-order valence-corrected chi connectivity index (χ2v) is 9.23. The van der Waals surface area contributed by atoms with Crippen molar-refractivity contribution in [2.24, 2.45) is 5.92 Å². The van der Waals surface area contributed by atoms with Crippen molar-refractivity contribution >= 4 is 50.9 Å². The number of nitrogens with one attached hydrogen (secondary N) is 1. The first-order valence-electron chi connectivity index (χ1n) is 11.2. The molecule has 0 radical (unpaired) electrons. The summed E-state index contributed by atoms with van der Waals surface area (Å²) in [6.07, 6.45) is 1.96. The summed E-state index contributed by atoms with van der Waals surface area (Å²) in [6, 6.07) is 17.0. The number of halogens is 1. The molecular formula is C24H24BrN7O2. The van der Waals surface area contributed by atoms with E-state index in [0.29, 0.717) is 44.4 Å². The highest BCUT2D eigenvalue weighted by Crippen LogP contribution is 2.28. The fourth-order valence-electron chi connectivity index (χ4n) is 4.31. The number of hydrogen-bond donors (Lipinski definition) is 1. The Bertz CT molecular complexity index is 1170. The Morgan fingerprint density at radius 3 is 2.53 bits per heavy atom. The number of nitrogens with zero attached hydrogens (tertiary/aromatic N) is 6. The van der Waals surface area contributed by atoms with Gasteiger partial charge in [-0.2, -0.15) is 0 Å². The molecule has 5 rings (SSSR count). The Morgan fingerprint density at radius 2 is 1.82 bits per heavy atom. The highest BCUT2D eigenvalue weighted by atomic mass is 79.9. The summed E-state index contributed by atoms with van der Waals surface area (Å²) in [5, 5.41) is 11.7. The maximum absolute atomic E-state index is 13.1. The van der Waals surface area contributed by atoms with Crippen molar-refractivity contribution in [2.75, 3.05) is 47.8 Å². The summed E-state index contributed by atoms with van der Waals surface area (Å²) in [4.78, 5) is 35.6. The number of carbonyl (C=O) groups excluding carboxylic acids is 2. The summed E-state index contributed by atoms with van der Waals surface area (Å²) in [5.41, 5.74) is 0.819. The number of carbonyl (C=O) groups is 2. The molecule has 2 fully saturated rings. The fourth-order valence-corrected chi connectivity index (χ4v) is 4.70. The van der Waals surface area contributed by atoms with Crippen LogP contribution in [-0.4, -0.2) is 64.6 Å². The molecule has 3 aromatic rings. The molecule has 0 spiro atoms. The minimum Gasteiger partial charge on any atom is -0.352 e. The summed E-state index contributed by atoms with van der Waals surface area (Å²) in [7, 11) is 0. The van der Waals surface area contributed by atoms with Gasteiger partial charge in [0.2, 0.25) is 11.8 Å². The molecule has 1 unspecified atom stereocenters. The Labute approximate surface area is 205 Å². The largest absolute Gasteiger partial charge is 0.352 e. The topological polar surface area (TPSA) is 94.6 Å². The van der Waals surface area contributed by atoms with E-state index in [1.54, 1.807) is 11.1 Å². The van der Waals surface area contributed by atoms with E-state index >= 15 is 0 Å². The Hall–Kier alpha value is -3.53. The van der Waals surface area contributed by atoms with Gasteiger partial charge in [-0.15, -0.1) is 10.2 Å². The van der Waals surface area contributed by atoms with Gasteiger partial charge in [-0.25, -0.2) is 4.98 Å². The number of piperazine rings is 1. The van der Waals surface area contributed by atoms with E-state index in [4.69, 9.17) is 0 Å². The van der Waals surface area contributed by atoms with Crippen LogP contribution in [0.1, 0.15) is 6.42 Å². The van der Waals surface area contributed by atoms with E-state index in [0.717, 1.165) is 16.0 Å². The van der Waals surface area contributed by atoms with Gasteiger partial charge in [0, 0.05) is 55.5 Å². The predicted molar refractivity (Wildman–Crippen MR) is 133 cm³/mol. The lowest BCUT2D eigenvalue weighted by Crippen LogP contribution is -2.51. The fraction of sp³-hybridized carbons (Fsp3) is 0.292. The lowest BCUT2D eigenvalue weighted by Gasteiger charge is -2.36. The van der Waals surface area contributed by atoms with E-state index in [-0.39, 0.29) is 24.2 Å². The van der Waals surface area contributed by atoms with E-state index in [1.807, 2.05) is 59.5 Å². The van der Waals surface area contributed by atoms with Crippen LogP contribution in [0.3, 0.4) is 0 Å². The highest BCUT2D eigenvalue weighted by molar-refractivity contribution is 9.10. The molecule has 9 nitrogen and oxygen atoms in total.